The maximum atomic E-state index is 6.60. The number of hydrogen-bond acceptors (Lipinski definition) is 3. The number of methoxy groups -OCH3 is 1. The fourth-order valence-electron chi connectivity index (χ4n) is 3.18. The molecule has 1 heterocycles. The summed E-state index contributed by atoms with van der Waals surface area (Å²) < 4.78 is 11.1. The van der Waals surface area contributed by atoms with Crippen molar-refractivity contribution in [3.05, 3.63) is 23.3 Å². The van der Waals surface area contributed by atoms with Gasteiger partial charge in [0, 0.05) is 17.5 Å². The maximum Gasteiger partial charge on any atom is 0.164 e. The topological polar surface area (TPSA) is 44.5 Å². The summed E-state index contributed by atoms with van der Waals surface area (Å²) in [5.74, 6) is 1.76. The van der Waals surface area contributed by atoms with Crippen LogP contribution < -0.4 is 15.2 Å². The third-order valence-electron chi connectivity index (χ3n) is 4.29. The van der Waals surface area contributed by atoms with Crippen LogP contribution in [0.25, 0.3) is 0 Å². The fraction of sp³-hybridized carbons (Fsp3) is 0.600. The lowest BCUT2D eigenvalue weighted by Gasteiger charge is -2.34. The number of nitrogens with two attached hydrogens (primary N) is 1. The van der Waals surface area contributed by atoms with Gasteiger partial charge in [0.05, 0.1) is 13.7 Å². The largest absolute Gasteiger partial charge is 0.493 e. The second-order valence-corrected chi connectivity index (χ2v) is 5.48. The summed E-state index contributed by atoms with van der Waals surface area (Å²) in [7, 11) is 1.70. The van der Waals surface area contributed by atoms with Gasteiger partial charge < -0.3 is 15.2 Å². The molecule has 0 radical (unpaired) electrons. The van der Waals surface area contributed by atoms with Gasteiger partial charge in [-0.15, -0.1) is 0 Å². The first-order chi connectivity index (χ1) is 8.73. The average Bonchev–Trinajstić information content (AvgIpc) is 2.86. The number of ether oxygens (including phenoxy) is 2. The van der Waals surface area contributed by atoms with Gasteiger partial charge in [0.25, 0.3) is 0 Å². The normalized spacial score (nSPS) is 21.2. The van der Waals surface area contributed by atoms with Crippen molar-refractivity contribution in [2.75, 3.05) is 13.7 Å². The van der Waals surface area contributed by atoms with Crippen LogP contribution in [-0.4, -0.2) is 13.7 Å². The quantitative estimate of drug-likeness (QED) is 0.874. The summed E-state index contributed by atoms with van der Waals surface area (Å²) >= 11 is 0. The zero-order valence-electron chi connectivity index (χ0n) is 11.0. The van der Waals surface area contributed by atoms with Crippen LogP contribution in [0.3, 0.4) is 0 Å². The van der Waals surface area contributed by atoms with Gasteiger partial charge >= 0.3 is 0 Å². The molecule has 1 saturated carbocycles. The minimum Gasteiger partial charge on any atom is -0.493 e. The van der Waals surface area contributed by atoms with Crippen LogP contribution >= 0.6 is 0 Å². The van der Waals surface area contributed by atoms with E-state index in [0.717, 1.165) is 37.4 Å². The van der Waals surface area contributed by atoms with E-state index >= 15 is 0 Å². The van der Waals surface area contributed by atoms with Gasteiger partial charge in [-0.3, -0.25) is 0 Å². The van der Waals surface area contributed by atoms with E-state index in [1.54, 1.807) is 7.11 Å². The first-order valence-electron chi connectivity index (χ1n) is 6.86. The third-order valence-corrected chi connectivity index (χ3v) is 4.29. The summed E-state index contributed by atoms with van der Waals surface area (Å²) in [6.45, 7) is 0.757. The van der Waals surface area contributed by atoms with Crippen molar-refractivity contribution in [2.24, 2.45) is 5.73 Å². The van der Waals surface area contributed by atoms with Gasteiger partial charge in [0.15, 0.2) is 11.5 Å². The van der Waals surface area contributed by atoms with Crippen molar-refractivity contribution in [3.63, 3.8) is 0 Å². The Balaban J connectivity index is 2.02. The average molecular weight is 247 g/mol. The van der Waals surface area contributed by atoms with E-state index in [0.29, 0.717) is 0 Å². The summed E-state index contributed by atoms with van der Waals surface area (Å²) in [4.78, 5) is 0. The van der Waals surface area contributed by atoms with E-state index in [9.17, 15) is 0 Å². The van der Waals surface area contributed by atoms with E-state index in [1.807, 2.05) is 0 Å². The van der Waals surface area contributed by atoms with Crippen LogP contribution in [0, 0.1) is 0 Å². The van der Waals surface area contributed by atoms with Gasteiger partial charge in [0.2, 0.25) is 0 Å². The van der Waals surface area contributed by atoms with Gasteiger partial charge in [-0.25, -0.2) is 0 Å². The molecule has 0 amide bonds. The minimum absolute atomic E-state index is 0.164. The second kappa shape index (κ2) is 4.47. The standard InChI is InChI=1S/C15H21NO2/c1-17-13-10-12(9-11-5-8-18-14(11)13)15(16)6-3-2-4-7-15/h9-10H,2-8,16H2,1H3. The number of benzene rings is 1. The third kappa shape index (κ3) is 1.87. The Morgan fingerprint density at radius 3 is 2.72 bits per heavy atom. The molecule has 1 aromatic rings. The molecule has 0 saturated heterocycles. The van der Waals surface area contributed by atoms with Gasteiger partial charge in [-0.05, 0) is 30.5 Å². The summed E-state index contributed by atoms with van der Waals surface area (Å²) in [6, 6.07) is 4.31. The van der Waals surface area contributed by atoms with Crippen LogP contribution in [0.2, 0.25) is 0 Å². The monoisotopic (exact) mass is 247 g/mol. The lowest BCUT2D eigenvalue weighted by Crippen LogP contribution is -2.38. The maximum absolute atomic E-state index is 6.60. The Kier molecular flexibility index (Phi) is 2.94. The molecular weight excluding hydrogens is 226 g/mol. The zero-order chi connectivity index (χ0) is 12.6. The van der Waals surface area contributed by atoms with Crippen LogP contribution in [0.5, 0.6) is 11.5 Å². The van der Waals surface area contributed by atoms with Crippen molar-refractivity contribution < 1.29 is 9.47 Å². The van der Waals surface area contributed by atoms with E-state index in [2.05, 4.69) is 12.1 Å². The second-order valence-electron chi connectivity index (χ2n) is 5.48. The van der Waals surface area contributed by atoms with Gasteiger partial charge in [-0.2, -0.15) is 0 Å². The van der Waals surface area contributed by atoms with Crippen molar-refractivity contribution >= 4 is 0 Å². The molecule has 3 heteroatoms. The van der Waals surface area contributed by atoms with Crippen molar-refractivity contribution in [1.29, 1.82) is 0 Å². The Labute approximate surface area is 108 Å². The Hall–Kier alpha value is -1.22. The minimum atomic E-state index is -0.164. The molecule has 0 unspecified atom stereocenters. The molecule has 2 aliphatic rings. The van der Waals surface area contributed by atoms with Crippen molar-refractivity contribution in [2.45, 2.75) is 44.1 Å². The predicted octanol–water partition coefficient (Wildman–Crippen LogP) is 2.75. The van der Waals surface area contributed by atoms with Crippen LogP contribution in [-0.2, 0) is 12.0 Å². The van der Waals surface area contributed by atoms with Gasteiger partial charge in [0.1, 0.15) is 0 Å². The summed E-state index contributed by atoms with van der Waals surface area (Å²) in [5, 5.41) is 0. The molecule has 0 bridgehead atoms. The Morgan fingerprint density at radius 2 is 2.00 bits per heavy atom. The molecule has 3 rings (SSSR count). The lowest BCUT2D eigenvalue weighted by molar-refractivity contribution is 0.298. The molecule has 0 spiro atoms. The van der Waals surface area contributed by atoms with Crippen LogP contribution in [0.15, 0.2) is 12.1 Å². The highest BCUT2D eigenvalue weighted by molar-refractivity contribution is 5.52. The SMILES string of the molecule is COc1cc(C2(N)CCCCC2)cc2c1OCC2. The number of fused-ring (bicyclic) bond motifs is 1. The molecule has 0 aromatic heterocycles. The summed E-state index contributed by atoms with van der Waals surface area (Å²) in [6.07, 6.45) is 6.89. The van der Waals surface area contributed by atoms with E-state index in [4.69, 9.17) is 15.2 Å². The first kappa shape index (κ1) is 11.8. The highest BCUT2D eigenvalue weighted by atomic mass is 16.5. The lowest BCUT2D eigenvalue weighted by atomic mass is 9.77. The fourth-order valence-corrected chi connectivity index (χ4v) is 3.18. The number of hydrogen-bond donors (Lipinski definition) is 1. The molecular formula is C15H21NO2. The van der Waals surface area contributed by atoms with Gasteiger partial charge in [-0.1, -0.05) is 19.3 Å². The smallest absolute Gasteiger partial charge is 0.164 e. The first-order valence-corrected chi connectivity index (χ1v) is 6.86. The molecule has 0 atom stereocenters. The highest BCUT2D eigenvalue weighted by Gasteiger charge is 2.32. The Bertz CT molecular complexity index is 450. The predicted molar refractivity (Wildman–Crippen MR) is 71.1 cm³/mol. The Morgan fingerprint density at radius 1 is 1.22 bits per heavy atom. The van der Waals surface area contributed by atoms with E-state index in [-0.39, 0.29) is 5.54 Å². The van der Waals surface area contributed by atoms with E-state index in [1.165, 1.54) is 30.4 Å². The molecule has 1 aliphatic carbocycles. The van der Waals surface area contributed by atoms with Crippen LogP contribution in [0.4, 0.5) is 0 Å². The molecule has 18 heavy (non-hydrogen) atoms. The molecule has 2 N–H and O–H groups in total. The molecule has 1 fully saturated rings. The van der Waals surface area contributed by atoms with Crippen LogP contribution in [0.1, 0.15) is 43.2 Å². The highest BCUT2D eigenvalue weighted by Crippen LogP contribution is 2.42. The van der Waals surface area contributed by atoms with Crippen molar-refractivity contribution in [1.82, 2.24) is 0 Å². The molecule has 1 aromatic carbocycles. The molecule has 1 aliphatic heterocycles. The zero-order valence-corrected chi connectivity index (χ0v) is 11.0. The van der Waals surface area contributed by atoms with Crippen molar-refractivity contribution in [3.8, 4) is 11.5 Å². The number of rotatable bonds is 2. The molecule has 98 valence electrons. The summed E-state index contributed by atoms with van der Waals surface area (Å²) in [5.41, 5.74) is 8.91. The van der Waals surface area contributed by atoms with E-state index < -0.39 is 0 Å². The molecule has 3 nitrogen and oxygen atoms in total.